The van der Waals surface area contributed by atoms with Crippen molar-refractivity contribution in [2.24, 2.45) is 28.6 Å². The lowest BCUT2D eigenvalue weighted by atomic mass is 9.47. The molecule has 0 aromatic carbocycles. The van der Waals surface area contributed by atoms with E-state index in [-0.39, 0.29) is 30.4 Å². The minimum atomic E-state index is -5.82. The van der Waals surface area contributed by atoms with E-state index in [1.807, 2.05) is 6.92 Å². The van der Waals surface area contributed by atoms with Crippen LogP contribution in [0.2, 0.25) is 0 Å². The Balaban J connectivity index is 1.73. The number of fused-ring (bicyclic) bond motifs is 5. The van der Waals surface area contributed by atoms with Crippen LogP contribution in [0.1, 0.15) is 52.4 Å². The maximum atomic E-state index is 14.4. The molecular weight excluding hydrogens is 395 g/mol. The molecule has 0 radical (unpaired) electrons. The molecule has 6 atom stereocenters. The first-order chi connectivity index (χ1) is 13.2. The number of rotatable bonds is 1. The van der Waals surface area contributed by atoms with Crippen LogP contribution >= 0.6 is 0 Å². The van der Waals surface area contributed by atoms with E-state index >= 15 is 0 Å². The predicted molar refractivity (Wildman–Crippen MR) is 94.1 cm³/mol. The number of ketones is 1. The highest BCUT2D eigenvalue weighted by atomic mass is 19.4. The Morgan fingerprint density at radius 2 is 1.66 bits per heavy atom. The highest BCUT2D eigenvalue weighted by Gasteiger charge is 2.79. The summed E-state index contributed by atoms with van der Waals surface area (Å²) in [7, 11) is 0. The second-order valence-electron chi connectivity index (χ2n) is 9.65. The van der Waals surface area contributed by atoms with Crippen molar-refractivity contribution in [3.63, 3.8) is 0 Å². The molecule has 0 aromatic rings. The molecule has 3 saturated carbocycles. The van der Waals surface area contributed by atoms with Crippen LogP contribution in [0.25, 0.3) is 0 Å². The molecule has 0 bridgehead atoms. The maximum absolute atomic E-state index is 14.4. The van der Waals surface area contributed by atoms with Crippen LogP contribution in [0.15, 0.2) is 23.5 Å². The standard InChI is InChI=1S/C21H25F5O3/c1-17-8-7-15(27)16(28)14(17)4-3-11-12(17)5-9-18(2)13(11)6-10-19(18,29)20(22,23)21(24,25)26/h7-8,11-13,28-29H,3-6,9-10H2,1-2H3/t11-,12-,13+,17-,18+,19?/m1/s1. The SMILES string of the molecule is C[C@]12C=CC(=O)C(O)=C1CC[C@@H]1[C@H]2CC[C@@]2(C)[C@H]1CCC2(O)C(F)(F)C(F)(F)F. The van der Waals surface area contributed by atoms with Gasteiger partial charge in [-0.1, -0.05) is 19.9 Å². The van der Waals surface area contributed by atoms with Gasteiger partial charge in [-0.2, -0.15) is 22.0 Å². The van der Waals surface area contributed by atoms with Crippen LogP contribution in [0.4, 0.5) is 22.0 Å². The van der Waals surface area contributed by atoms with E-state index in [0.29, 0.717) is 24.8 Å². The third-order valence-electron chi connectivity index (χ3n) is 8.71. The molecule has 4 aliphatic rings. The molecule has 0 heterocycles. The van der Waals surface area contributed by atoms with Crippen molar-refractivity contribution in [1.82, 2.24) is 0 Å². The topological polar surface area (TPSA) is 57.5 Å². The van der Waals surface area contributed by atoms with E-state index in [1.54, 1.807) is 6.08 Å². The highest BCUT2D eigenvalue weighted by Crippen LogP contribution is 2.70. The molecule has 29 heavy (non-hydrogen) atoms. The molecule has 0 aromatic heterocycles. The lowest BCUT2D eigenvalue weighted by Gasteiger charge is -2.58. The largest absolute Gasteiger partial charge is 0.504 e. The first kappa shape index (κ1) is 20.8. The lowest BCUT2D eigenvalue weighted by molar-refractivity contribution is -0.363. The highest BCUT2D eigenvalue weighted by molar-refractivity contribution is 6.04. The summed E-state index contributed by atoms with van der Waals surface area (Å²) in [5, 5.41) is 21.1. The number of carbonyl (C=O) groups excluding carboxylic acids is 1. The van der Waals surface area contributed by atoms with Gasteiger partial charge in [-0.05, 0) is 67.9 Å². The van der Waals surface area contributed by atoms with Gasteiger partial charge in [0.25, 0.3) is 0 Å². The smallest absolute Gasteiger partial charge is 0.456 e. The first-order valence-corrected chi connectivity index (χ1v) is 10.0. The monoisotopic (exact) mass is 420 g/mol. The number of alkyl halides is 5. The van der Waals surface area contributed by atoms with Gasteiger partial charge >= 0.3 is 12.1 Å². The van der Waals surface area contributed by atoms with E-state index in [9.17, 15) is 37.0 Å². The van der Waals surface area contributed by atoms with Crippen LogP contribution in [-0.2, 0) is 4.79 Å². The fraction of sp³-hybridized carbons (Fsp3) is 0.762. The zero-order chi connectivity index (χ0) is 21.6. The van der Waals surface area contributed by atoms with Crippen LogP contribution in [-0.4, -0.2) is 33.7 Å². The summed E-state index contributed by atoms with van der Waals surface area (Å²) in [5.74, 6) is -6.64. The summed E-state index contributed by atoms with van der Waals surface area (Å²) in [4.78, 5) is 11.9. The number of hydrogen-bond acceptors (Lipinski definition) is 3. The number of aliphatic hydroxyl groups excluding tert-OH is 1. The van der Waals surface area contributed by atoms with E-state index < -0.39 is 46.7 Å². The molecule has 4 rings (SSSR count). The minimum absolute atomic E-state index is 0.0341. The summed E-state index contributed by atoms with van der Waals surface area (Å²) in [6, 6.07) is 0. The van der Waals surface area contributed by atoms with Crippen molar-refractivity contribution in [2.45, 2.75) is 70.1 Å². The van der Waals surface area contributed by atoms with Crippen molar-refractivity contribution in [1.29, 1.82) is 0 Å². The Hall–Kier alpha value is -1.44. The zero-order valence-electron chi connectivity index (χ0n) is 16.3. The summed E-state index contributed by atoms with van der Waals surface area (Å²) in [5.41, 5.74) is -4.69. The van der Waals surface area contributed by atoms with Crippen LogP contribution in [0, 0.1) is 28.6 Å². The Bertz CT molecular complexity index is 816. The molecule has 0 amide bonds. The molecule has 0 saturated heterocycles. The van der Waals surface area contributed by atoms with Crippen molar-refractivity contribution in [3.8, 4) is 0 Å². The van der Waals surface area contributed by atoms with Crippen molar-refractivity contribution < 1.29 is 37.0 Å². The first-order valence-electron chi connectivity index (χ1n) is 10.0. The van der Waals surface area contributed by atoms with E-state index in [1.165, 1.54) is 13.0 Å². The van der Waals surface area contributed by atoms with E-state index in [2.05, 4.69) is 0 Å². The van der Waals surface area contributed by atoms with Gasteiger partial charge in [0.05, 0.1) is 0 Å². The number of aliphatic hydroxyl groups is 2. The Labute approximate surface area is 165 Å². The van der Waals surface area contributed by atoms with Crippen molar-refractivity contribution in [3.05, 3.63) is 23.5 Å². The molecular formula is C21H25F5O3. The summed E-state index contributed by atoms with van der Waals surface area (Å²) in [6.07, 6.45) is -1.98. The van der Waals surface area contributed by atoms with Gasteiger partial charge in [0.1, 0.15) is 5.60 Å². The molecule has 2 N–H and O–H groups in total. The number of halogens is 5. The van der Waals surface area contributed by atoms with E-state index in [4.69, 9.17) is 0 Å². The lowest BCUT2D eigenvalue weighted by Crippen LogP contribution is -2.65. The fourth-order valence-electron chi connectivity index (χ4n) is 7.08. The number of hydrogen-bond donors (Lipinski definition) is 2. The van der Waals surface area contributed by atoms with Crippen LogP contribution < -0.4 is 0 Å². The van der Waals surface area contributed by atoms with Crippen molar-refractivity contribution in [2.75, 3.05) is 0 Å². The molecule has 3 fully saturated rings. The van der Waals surface area contributed by atoms with Gasteiger partial charge < -0.3 is 10.2 Å². The van der Waals surface area contributed by atoms with Gasteiger partial charge in [0.15, 0.2) is 5.76 Å². The maximum Gasteiger partial charge on any atom is 0.456 e. The normalized spacial score (nSPS) is 45.1. The number of carbonyl (C=O) groups is 1. The third-order valence-corrected chi connectivity index (χ3v) is 8.71. The Morgan fingerprint density at radius 3 is 2.28 bits per heavy atom. The second kappa shape index (κ2) is 5.83. The van der Waals surface area contributed by atoms with Crippen LogP contribution in [0.3, 0.4) is 0 Å². The Kier molecular flexibility index (Phi) is 4.18. The average molecular weight is 420 g/mol. The fourth-order valence-corrected chi connectivity index (χ4v) is 7.08. The molecule has 1 unspecified atom stereocenters. The minimum Gasteiger partial charge on any atom is -0.504 e. The molecule has 0 aliphatic heterocycles. The summed E-state index contributed by atoms with van der Waals surface area (Å²) < 4.78 is 68.4. The summed E-state index contributed by atoms with van der Waals surface area (Å²) >= 11 is 0. The molecule has 0 spiro atoms. The number of allylic oxidation sites excluding steroid dienone is 3. The van der Waals surface area contributed by atoms with Gasteiger partial charge in [-0.25, -0.2) is 0 Å². The predicted octanol–water partition coefficient (Wildman–Crippen LogP) is 5.11. The molecule has 162 valence electrons. The summed E-state index contributed by atoms with van der Waals surface area (Å²) in [6.45, 7) is 3.28. The third kappa shape index (κ3) is 2.35. The zero-order valence-corrected chi connectivity index (χ0v) is 16.3. The second-order valence-corrected chi connectivity index (χ2v) is 9.65. The van der Waals surface area contributed by atoms with Gasteiger partial charge in [-0.3, -0.25) is 4.79 Å². The van der Waals surface area contributed by atoms with Crippen molar-refractivity contribution >= 4 is 5.78 Å². The van der Waals surface area contributed by atoms with Gasteiger partial charge in [0, 0.05) is 10.8 Å². The van der Waals surface area contributed by atoms with Gasteiger partial charge in [-0.15, -0.1) is 0 Å². The van der Waals surface area contributed by atoms with Gasteiger partial charge in [0.2, 0.25) is 5.78 Å². The van der Waals surface area contributed by atoms with Crippen LogP contribution in [0.5, 0.6) is 0 Å². The molecule has 3 nitrogen and oxygen atoms in total. The Morgan fingerprint density at radius 1 is 1.03 bits per heavy atom. The van der Waals surface area contributed by atoms with E-state index in [0.717, 1.165) is 0 Å². The molecule has 4 aliphatic carbocycles. The quantitative estimate of drug-likeness (QED) is 0.580. The average Bonchev–Trinajstić information content (AvgIpc) is 2.90. The molecule has 8 heteroatoms.